The Morgan fingerprint density at radius 3 is 2.74 bits per heavy atom. The highest BCUT2D eigenvalue weighted by Crippen LogP contribution is 2.49. The van der Waals surface area contributed by atoms with E-state index >= 15 is 0 Å². The Morgan fingerprint density at radius 1 is 1.30 bits per heavy atom. The van der Waals surface area contributed by atoms with E-state index < -0.39 is 0 Å². The molecule has 0 aromatic carbocycles. The number of rotatable bonds is 3. The molecule has 23 heavy (non-hydrogen) atoms. The summed E-state index contributed by atoms with van der Waals surface area (Å²) in [7, 11) is 3.67. The number of alkyl halides is 1. The highest BCUT2D eigenvalue weighted by Gasteiger charge is 2.51. The molecule has 2 aliphatic heterocycles. The van der Waals surface area contributed by atoms with Gasteiger partial charge in [0.1, 0.15) is 0 Å². The molecule has 2 bridgehead atoms. The predicted molar refractivity (Wildman–Crippen MR) is 96.3 cm³/mol. The molecule has 0 N–H and O–H groups in total. The smallest absolute Gasteiger partial charge is 0.310 e. The number of carbonyl (C=O) groups excluding carboxylic acids is 1. The first-order valence-corrected chi connectivity index (χ1v) is 9.79. The molecule has 2 heterocycles. The van der Waals surface area contributed by atoms with Crippen LogP contribution in [-0.4, -0.2) is 47.1 Å². The number of esters is 1. The van der Waals surface area contributed by atoms with E-state index in [9.17, 15) is 4.79 Å². The van der Waals surface area contributed by atoms with Crippen LogP contribution in [0.15, 0.2) is 5.11 Å². The third-order valence-electron chi connectivity index (χ3n) is 6.37. The van der Waals surface area contributed by atoms with Crippen LogP contribution >= 0.6 is 22.6 Å². The number of methoxy groups -OCH3 is 1. The molecule has 5 unspecified atom stereocenters. The van der Waals surface area contributed by atoms with Crippen LogP contribution in [0.2, 0.25) is 0 Å². The highest BCUT2D eigenvalue weighted by molar-refractivity contribution is 14.1. The lowest BCUT2D eigenvalue weighted by Gasteiger charge is -2.46. The number of nitrogens with zero attached hydrogens (tertiary/aromatic N) is 4. The lowest BCUT2D eigenvalue weighted by atomic mass is 9.68. The number of piperidine rings is 1. The van der Waals surface area contributed by atoms with Gasteiger partial charge in [-0.1, -0.05) is 27.7 Å². The Labute approximate surface area is 151 Å². The normalized spacial score (nSPS) is 43.7. The van der Waals surface area contributed by atoms with Crippen molar-refractivity contribution < 1.29 is 9.53 Å². The Hall–Kier alpha value is -0.530. The number of hydrogen-bond acceptors (Lipinski definition) is 4. The van der Waals surface area contributed by atoms with Crippen molar-refractivity contribution in [2.45, 2.75) is 60.6 Å². The van der Waals surface area contributed by atoms with Gasteiger partial charge >= 0.3 is 5.97 Å². The topological polar surface area (TPSA) is 78.3 Å². The molecule has 6 nitrogen and oxygen atoms in total. The van der Waals surface area contributed by atoms with Gasteiger partial charge in [0, 0.05) is 27.0 Å². The van der Waals surface area contributed by atoms with Gasteiger partial charge in [0.25, 0.3) is 0 Å². The van der Waals surface area contributed by atoms with Crippen LogP contribution in [0.5, 0.6) is 0 Å². The van der Waals surface area contributed by atoms with E-state index in [1.54, 1.807) is 0 Å². The van der Waals surface area contributed by atoms with Gasteiger partial charge < -0.3 is 4.74 Å². The molecule has 3 fully saturated rings. The molecular weight excluding hydrogens is 407 g/mol. The molecule has 0 aromatic heterocycles. The molecule has 1 aliphatic carbocycles. The lowest BCUT2D eigenvalue weighted by molar-refractivity contribution is -0.154. The zero-order valence-electron chi connectivity index (χ0n) is 13.8. The standard InChI is InChI=1S/C16H25IN4O2/c1-21-10-4-6-14(21)15(16(22)23-2)11(8-10)9-3-5-13(19-20-18)12(17)7-9/h9-15H,3-8H2,1-2H3/t9?,10-,11-,12?,13?,14?,15?/m1/s1. The number of fused-ring (bicyclic) bond motifs is 2. The molecule has 0 radical (unpaired) electrons. The van der Waals surface area contributed by atoms with E-state index in [-0.39, 0.29) is 17.9 Å². The van der Waals surface area contributed by atoms with Crippen molar-refractivity contribution in [3.8, 4) is 0 Å². The van der Waals surface area contributed by atoms with Crippen molar-refractivity contribution in [2.24, 2.45) is 22.9 Å². The number of halogens is 1. The summed E-state index contributed by atoms with van der Waals surface area (Å²) >= 11 is 2.43. The van der Waals surface area contributed by atoms with Gasteiger partial charge in [-0.2, -0.15) is 0 Å². The molecule has 1 saturated carbocycles. The first kappa shape index (κ1) is 17.3. The third-order valence-corrected chi connectivity index (χ3v) is 7.71. The van der Waals surface area contributed by atoms with E-state index in [1.807, 2.05) is 0 Å². The van der Waals surface area contributed by atoms with Crippen LogP contribution in [-0.2, 0) is 9.53 Å². The highest BCUT2D eigenvalue weighted by atomic mass is 127. The second-order valence-corrected chi connectivity index (χ2v) is 8.87. The fourth-order valence-electron chi connectivity index (χ4n) is 5.17. The van der Waals surface area contributed by atoms with Crippen LogP contribution in [0.1, 0.15) is 38.5 Å². The zero-order valence-corrected chi connectivity index (χ0v) is 15.9. The van der Waals surface area contributed by atoms with Crippen LogP contribution < -0.4 is 0 Å². The summed E-state index contributed by atoms with van der Waals surface area (Å²) in [6, 6.07) is 1.07. The molecule has 3 aliphatic rings. The summed E-state index contributed by atoms with van der Waals surface area (Å²) in [5, 5.41) is 3.94. The van der Waals surface area contributed by atoms with E-state index in [0.29, 0.717) is 27.8 Å². The molecule has 128 valence electrons. The Kier molecular flexibility index (Phi) is 5.38. The Bertz CT molecular complexity index is 510. The number of azide groups is 1. The Balaban J connectivity index is 1.78. The quantitative estimate of drug-likeness (QED) is 0.171. The third kappa shape index (κ3) is 3.20. The van der Waals surface area contributed by atoms with Crippen LogP contribution in [0.3, 0.4) is 0 Å². The average molecular weight is 432 g/mol. The molecule has 0 amide bonds. The van der Waals surface area contributed by atoms with Gasteiger partial charge in [0.15, 0.2) is 0 Å². The number of hydrogen-bond donors (Lipinski definition) is 0. The van der Waals surface area contributed by atoms with Gasteiger partial charge in [-0.05, 0) is 62.9 Å². The van der Waals surface area contributed by atoms with Crippen LogP contribution in [0, 0.1) is 17.8 Å². The van der Waals surface area contributed by atoms with Gasteiger partial charge in [-0.25, -0.2) is 0 Å². The maximum absolute atomic E-state index is 12.5. The first-order chi connectivity index (χ1) is 11.1. The fraction of sp³-hybridized carbons (Fsp3) is 0.938. The zero-order chi connectivity index (χ0) is 16.6. The van der Waals surface area contributed by atoms with Crippen molar-refractivity contribution >= 4 is 28.6 Å². The molecule has 7 atom stereocenters. The largest absolute Gasteiger partial charge is 0.469 e. The molecular formula is C16H25IN4O2. The minimum atomic E-state index is -0.0330. The molecule has 3 rings (SSSR count). The first-order valence-electron chi connectivity index (χ1n) is 8.54. The van der Waals surface area contributed by atoms with E-state index in [1.165, 1.54) is 13.5 Å². The van der Waals surface area contributed by atoms with Gasteiger partial charge in [0.05, 0.1) is 13.0 Å². The molecule has 0 aromatic rings. The average Bonchev–Trinajstić information content (AvgIpc) is 2.79. The van der Waals surface area contributed by atoms with Crippen molar-refractivity contribution in [1.29, 1.82) is 0 Å². The van der Waals surface area contributed by atoms with Crippen molar-refractivity contribution in [3.05, 3.63) is 10.4 Å². The molecule has 7 heteroatoms. The minimum absolute atomic E-state index is 0.00775. The van der Waals surface area contributed by atoms with Gasteiger partial charge in [0.2, 0.25) is 0 Å². The summed E-state index contributed by atoms with van der Waals surface area (Å²) in [6.45, 7) is 0. The van der Waals surface area contributed by atoms with Crippen molar-refractivity contribution in [1.82, 2.24) is 4.90 Å². The monoisotopic (exact) mass is 432 g/mol. The lowest BCUT2D eigenvalue weighted by Crippen LogP contribution is -2.52. The summed E-state index contributed by atoms with van der Waals surface area (Å²) in [5.41, 5.74) is 8.69. The number of carbonyl (C=O) groups is 1. The van der Waals surface area contributed by atoms with Crippen LogP contribution in [0.4, 0.5) is 0 Å². The molecule has 0 spiro atoms. The number of ether oxygens (including phenoxy) is 1. The summed E-state index contributed by atoms with van der Waals surface area (Å²) in [4.78, 5) is 17.9. The second kappa shape index (κ2) is 7.15. The predicted octanol–water partition coefficient (Wildman–Crippen LogP) is 3.54. The SMILES string of the molecule is COC(=O)C1C2CC[C@H](C[C@@H]1C1CCC(N=[N+]=[N-])C(I)C1)N2C. The second-order valence-electron chi connectivity index (χ2n) is 7.27. The van der Waals surface area contributed by atoms with E-state index in [2.05, 4.69) is 44.6 Å². The van der Waals surface area contributed by atoms with E-state index in [4.69, 9.17) is 10.3 Å². The van der Waals surface area contributed by atoms with Crippen LogP contribution in [0.25, 0.3) is 10.4 Å². The van der Waals surface area contributed by atoms with Gasteiger partial charge in [-0.15, -0.1) is 0 Å². The summed E-state index contributed by atoms with van der Waals surface area (Å²) in [6.07, 6.45) is 6.47. The fourth-order valence-corrected chi connectivity index (χ4v) is 6.33. The van der Waals surface area contributed by atoms with Crippen molar-refractivity contribution in [3.63, 3.8) is 0 Å². The maximum atomic E-state index is 12.5. The summed E-state index contributed by atoms with van der Waals surface area (Å²) < 4.78 is 5.54. The van der Waals surface area contributed by atoms with E-state index in [0.717, 1.165) is 32.1 Å². The van der Waals surface area contributed by atoms with Crippen molar-refractivity contribution in [2.75, 3.05) is 14.2 Å². The van der Waals surface area contributed by atoms with Gasteiger partial charge in [-0.3, -0.25) is 9.69 Å². The Morgan fingerprint density at radius 2 is 2.09 bits per heavy atom. The maximum Gasteiger partial charge on any atom is 0.310 e. The minimum Gasteiger partial charge on any atom is -0.469 e. The summed E-state index contributed by atoms with van der Waals surface area (Å²) in [5.74, 6) is 0.936. The molecule has 2 saturated heterocycles.